The molecule has 6 nitrogen and oxygen atoms in total. The number of aromatic nitrogens is 1. The van der Waals surface area contributed by atoms with Crippen molar-refractivity contribution in [1.29, 1.82) is 5.26 Å². The lowest BCUT2D eigenvalue weighted by atomic mass is 10.1. The van der Waals surface area contributed by atoms with Gasteiger partial charge in [0.2, 0.25) is 9.84 Å². The van der Waals surface area contributed by atoms with E-state index in [-0.39, 0.29) is 27.8 Å². The van der Waals surface area contributed by atoms with E-state index >= 15 is 0 Å². The third-order valence-corrected chi connectivity index (χ3v) is 6.71. The average molecular weight is 427 g/mol. The van der Waals surface area contributed by atoms with Crippen LogP contribution in [0.1, 0.15) is 21.5 Å². The van der Waals surface area contributed by atoms with E-state index in [1.807, 2.05) is 18.2 Å². The molecule has 152 valence electrons. The van der Waals surface area contributed by atoms with Crippen LogP contribution in [0.5, 0.6) is 0 Å². The highest BCUT2D eigenvalue weighted by Gasteiger charge is 2.21. The zero-order valence-corrected chi connectivity index (χ0v) is 17.1. The van der Waals surface area contributed by atoms with E-state index < -0.39 is 9.84 Å². The lowest BCUT2D eigenvalue weighted by Crippen LogP contribution is -2.22. The zero-order valence-electron chi connectivity index (χ0n) is 16.3. The molecule has 0 bridgehead atoms. The highest BCUT2D eigenvalue weighted by molar-refractivity contribution is 7.91. The topological polar surface area (TPSA) is 99.9 Å². The highest BCUT2D eigenvalue weighted by Crippen LogP contribution is 2.24. The number of sulfone groups is 1. The Labute approximate surface area is 179 Å². The number of fused-ring (bicyclic) bond motifs is 1. The number of benzene rings is 3. The van der Waals surface area contributed by atoms with Crippen LogP contribution in [0.4, 0.5) is 0 Å². The van der Waals surface area contributed by atoms with Crippen molar-refractivity contribution in [2.45, 2.75) is 16.3 Å². The number of pyridine rings is 1. The number of hydrogen-bond donors (Lipinski definition) is 1. The minimum Gasteiger partial charge on any atom is -0.348 e. The Kier molecular flexibility index (Phi) is 5.48. The third kappa shape index (κ3) is 4.15. The van der Waals surface area contributed by atoms with E-state index in [2.05, 4.69) is 10.3 Å². The molecule has 1 heterocycles. The maximum absolute atomic E-state index is 12.9. The lowest BCUT2D eigenvalue weighted by molar-refractivity contribution is 0.0951. The molecule has 1 N–H and O–H groups in total. The van der Waals surface area contributed by atoms with Crippen molar-refractivity contribution in [3.05, 3.63) is 102 Å². The minimum atomic E-state index is -3.81. The predicted octanol–water partition coefficient (Wildman–Crippen LogP) is 3.87. The molecule has 7 heteroatoms. The number of carbonyl (C=O) groups excluding carboxylic acids is 1. The Morgan fingerprint density at radius 1 is 0.968 bits per heavy atom. The largest absolute Gasteiger partial charge is 0.348 e. The predicted molar refractivity (Wildman–Crippen MR) is 116 cm³/mol. The van der Waals surface area contributed by atoms with Crippen LogP contribution in [0, 0.1) is 11.3 Å². The molecule has 0 unspecified atom stereocenters. The molecule has 0 fully saturated rings. The van der Waals surface area contributed by atoms with Gasteiger partial charge in [-0.3, -0.25) is 9.78 Å². The molecule has 0 atom stereocenters. The third-order valence-electron chi connectivity index (χ3n) is 4.89. The summed E-state index contributed by atoms with van der Waals surface area (Å²) in [6, 6.07) is 21.5. The van der Waals surface area contributed by atoms with Crippen LogP contribution in [-0.4, -0.2) is 19.3 Å². The number of amides is 1. The molecule has 4 rings (SSSR count). The molecule has 3 aromatic carbocycles. The van der Waals surface area contributed by atoms with Crippen molar-refractivity contribution in [3.63, 3.8) is 0 Å². The van der Waals surface area contributed by atoms with Crippen LogP contribution in [-0.2, 0) is 16.4 Å². The average Bonchev–Trinajstić information content (AvgIpc) is 2.82. The Bertz CT molecular complexity index is 1420. The standard InChI is InChI=1S/C24H17N3O3S/c25-14-20-3-1-2-4-23(20)31(29,30)22-9-5-17(6-10-22)15-27-24(28)19-7-8-21-16-26-12-11-18(21)13-19/h1-13,16H,15H2,(H,27,28). The molecule has 0 saturated heterocycles. The molecule has 0 aliphatic rings. The molecule has 0 saturated carbocycles. The van der Waals surface area contributed by atoms with Crippen molar-refractivity contribution in [1.82, 2.24) is 10.3 Å². The number of hydrogen-bond acceptors (Lipinski definition) is 5. The summed E-state index contributed by atoms with van der Waals surface area (Å²) in [5.74, 6) is -0.224. The van der Waals surface area contributed by atoms with Gasteiger partial charge in [0.1, 0.15) is 6.07 Å². The van der Waals surface area contributed by atoms with Gasteiger partial charge < -0.3 is 5.32 Å². The Balaban J connectivity index is 1.48. The van der Waals surface area contributed by atoms with E-state index in [0.717, 1.165) is 16.3 Å². The Hall–Kier alpha value is -4.02. The molecule has 0 spiro atoms. The molecule has 0 aliphatic heterocycles. The summed E-state index contributed by atoms with van der Waals surface area (Å²) in [6.45, 7) is 0.252. The SMILES string of the molecule is N#Cc1ccccc1S(=O)(=O)c1ccc(CNC(=O)c2ccc3cnccc3c2)cc1. The van der Waals surface area contributed by atoms with Crippen molar-refractivity contribution in [2.24, 2.45) is 0 Å². The molecule has 4 aromatic rings. The lowest BCUT2D eigenvalue weighted by Gasteiger charge is -2.09. The smallest absolute Gasteiger partial charge is 0.251 e. The Morgan fingerprint density at radius 3 is 2.52 bits per heavy atom. The van der Waals surface area contributed by atoms with Crippen molar-refractivity contribution < 1.29 is 13.2 Å². The summed E-state index contributed by atoms with van der Waals surface area (Å²) in [5, 5.41) is 13.9. The molecule has 1 amide bonds. The number of rotatable bonds is 5. The maximum Gasteiger partial charge on any atom is 0.251 e. The van der Waals surface area contributed by atoms with Crippen LogP contribution in [0.25, 0.3) is 10.8 Å². The molecule has 0 radical (unpaired) electrons. The molecule has 0 aliphatic carbocycles. The summed E-state index contributed by atoms with van der Waals surface area (Å²) in [6.07, 6.45) is 3.41. The van der Waals surface area contributed by atoms with Gasteiger partial charge in [-0.05, 0) is 53.4 Å². The normalized spacial score (nSPS) is 11.1. The van der Waals surface area contributed by atoms with E-state index in [0.29, 0.717) is 5.56 Å². The number of nitrogens with zero attached hydrogens (tertiary/aromatic N) is 2. The van der Waals surface area contributed by atoms with Gasteiger partial charge in [0.05, 0.1) is 15.4 Å². The van der Waals surface area contributed by atoms with Gasteiger partial charge in [0, 0.05) is 29.9 Å². The first-order valence-corrected chi connectivity index (χ1v) is 10.9. The molecule has 31 heavy (non-hydrogen) atoms. The first kappa shape index (κ1) is 20.3. The van der Waals surface area contributed by atoms with Gasteiger partial charge in [-0.25, -0.2) is 8.42 Å². The van der Waals surface area contributed by atoms with Crippen LogP contribution in [0.3, 0.4) is 0 Å². The van der Waals surface area contributed by atoms with Crippen LogP contribution >= 0.6 is 0 Å². The summed E-state index contributed by atoms with van der Waals surface area (Å²) < 4.78 is 25.7. The van der Waals surface area contributed by atoms with Crippen LogP contribution in [0.2, 0.25) is 0 Å². The van der Waals surface area contributed by atoms with Gasteiger partial charge in [0.15, 0.2) is 0 Å². The molecule has 1 aromatic heterocycles. The van der Waals surface area contributed by atoms with Gasteiger partial charge >= 0.3 is 0 Å². The van der Waals surface area contributed by atoms with Gasteiger partial charge in [0.25, 0.3) is 5.91 Å². The van der Waals surface area contributed by atoms with Crippen LogP contribution < -0.4 is 5.32 Å². The maximum atomic E-state index is 12.9. The summed E-state index contributed by atoms with van der Waals surface area (Å²) in [7, 11) is -3.81. The van der Waals surface area contributed by atoms with E-state index in [4.69, 9.17) is 0 Å². The summed E-state index contributed by atoms with van der Waals surface area (Å²) in [5.41, 5.74) is 1.39. The fourth-order valence-corrected chi connectivity index (χ4v) is 4.62. The zero-order chi connectivity index (χ0) is 21.8. The van der Waals surface area contributed by atoms with E-state index in [1.165, 1.54) is 24.3 Å². The van der Waals surface area contributed by atoms with Gasteiger partial charge in [-0.2, -0.15) is 5.26 Å². The second kappa shape index (κ2) is 8.38. The number of carbonyl (C=O) groups is 1. The Morgan fingerprint density at radius 2 is 1.74 bits per heavy atom. The van der Waals surface area contributed by atoms with Gasteiger partial charge in [-0.1, -0.05) is 30.3 Å². The number of nitrogens with one attached hydrogen (secondary N) is 1. The summed E-state index contributed by atoms with van der Waals surface area (Å²) in [4.78, 5) is 16.6. The second-order valence-electron chi connectivity index (χ2n) is 6.88. The van der Waals surface area contributed by atoms with Crippen LogP contribution in [0.15, 0.2) is 95.0 Å². The van der Waals surface area contributed by atoms with E-state index in [9.17, 15) is 18.5 Å². The fraction of sp³-hybridized carbons (Fsp3) is 0.0417. The second-order valence-corrected chi connectivity index (χ2v) is 8.79. The first-order chi connectivity index (χ1) is 15.0. The minimum absolute atomic E-state index is 0.0231. The van der Waals surface area contributed by atoms with Crippen molar-refractivity contribution in [2.75, 3.05) is 0 Å². The van der Waals surface area contributed by atoms with Gasteiger partial charge in [-0.15, -0.1) is 0 Å². The quantitative estimate of drug-likeness (QED) is 0.521. The highest BCUT2D eigenvalue weighted by atomic mass is 32.2. The van der Waals surface area contributed by atoms with Crippen molar-refractivity contribution >= 4 is 26.5 Å². The molecular formula is C24H17N3O3S. The first-order valence-electron chi connectivity index (χ1n) is 9.44. The van der Waals surface area contributed by atoms with E-state index in [1.54, 1.807) is 48.8 Å². The molecular weight excluding hydrogens is 410 g/mol. The fourth-order valence-electron chi connectivity index (χ4n) is 3.22. The monoisotopic (exact) mass is 427 g/mol. The number of nitriles is 1. The van der Waals surface area contributed by atoms with Crippen molar-refractivity contribution in [3.8, 4) is 6.07 Å². The summed E-state index contributed by atoms with van der Waals surface area (Å²) >= 11 is 0.